The quantitative estimate of drug-likeness (QED) is 0.682. The van der Waals surface area contributed by atoms with Crippen LogP contribution in [0, 0.1) is 5.92 Å². The van der Waals surface area contributed by atoms with Gasteiger partial charge in [0.15, 0.2) is 0 Å². The van der Waals surface area contributed by atoms with Gasteiger partial charge in [-0.25, -0.2) is 0 Å². The summed E-state index contributed by atoms with van der Waals surface area (Å²) < 4.78 is 5.49. The number of aliphatic hydroxyl groups is 2. The Hall–Kier alpha value is -0.810. The van der Waals surface area contributed by atoms with Gasteiger partial charge in [0.1, 0.15) is 18.5 Å². The molecule has 0 aliphatic carbocycles. The van der Waals surface area contributed by atoms with Gasteiger partial charge in [-0.1, -0.05) is 31.5 Å². The first-order valence-corrected chi connectivity index (χ1v) is 6.82. The maximum absolute atomic E-state index is 9.30. The van der Waals surface area contributed by atoms with Crippen LogP contribution in [0.15, 0.2) is 18.2 Å². The predicted octanol–water partition coefficient (Wildman–Crippen LogP) is 1.82. The van der Waals surface area contributed by atoms with Gasteiger partial charge in [-0.2, -0.15) is 0 Å². The van der Waals surface area contributed by atoms with E-state index in [-0.39, 0.29) is 13.2 Å². The minimum absolute atomic E-state index is 0.0496. The summed E-state index contributed by atoms with van der Waals surface area (Å²) in [7, 11) is 0. The lowest BCUT2D eigenvalue weighted by Crippen LogP contribution is -2.23. The zero-order valence-corrected chi connectivity index (χ0v) is 12.2. The van der Waals surface area contributed by atoms with Crippen LogP contribution in [0.4, 0.5) is 0 Å². The van der Waals surface area contributed by atoms with Gasteiger partial charge in [0.2, 0.25) is 0 Å². The molecule has 4 nitrogen and oxygen atoms in total. The molecule has 1 aromatic rings. The van der Waals surface area contributed by atoms with Gasteiger partial charge in [0.05, 0.1) is 6.61 Å². The fourth-order valence-corrected chi connectivity index (χ4v) is 1.80. The second kappa shape index (κ2) is 8.38. The smallest absolute Gasteiger partial charge is 0.125 e. The van der Waals surface area contributed by atoms with Crippen molar-refractivity contribution in [1.29, 1.82) is 0 Å². The molecular formula is C14H22ClNO3. The van der Waals surface area contributed by atoms with E-state index in [0.717, 1.165) is 12.1 Å². The molecule has 0 aromatic heterocycles. The van der Waals surface area contributed by atoms with E-state index in [1.165, 1.54) is 0 Å². The van der Waals surface area contributed by atoms with Crippen LogP contribution >= 0.6 is 11.6 Å². The molecule has 19 heavy (non-hydrogen) atoms. The number of halogens is 1. The van der Waals surface area contributed by atoms with E-state index in [2.05, 4.69) is 19.2 Å². The van der Waals surface area contributed by atoms with Crippen LogP contribution in [0.25, 0.3) is 0 Å². The average molecular weight is 288 g/mol. The lowest BCUT2D eigenvalue weighted by atomic mass is 10.1. The van der Waals surface area contributed by atoms with Crippen molar-refractivity contribution in [1.82, 2.24) is 5.32 Å². The van der Waals surface area contributed by atoms with Gasteiger partial charge in [0.25, 0.3) is 0 Å². The largest absolute Gasteiger partial charge is 0.490 e. The van der Waals surface area contributed by atoms with E-state index in [9.17, 15) is 5.11 Å². The van der Waals surface area contributed by atoms with Gasteiger partial charge in [-0.15, -0.1) is 0 Å². The molecule has 1 aromatic carbocycles. The van der Waals surface area contributed by atoms with Crippen LogP contribution in [0.3, 0.4) is 0 Å². The Morgan fingerprint density at radius 2 is 2.11 bits per heavy atom. The predicted molar refractivity (Wildman–Crippen MR) is 76.6 cm³/mol. The van der Waals surface area contributed by atoms with Crippen LogP contribution in [-0.4, -0.2) is 36.1 Å². The summed E-state index contributed by atoms with van der Waals surface area (Å²) in [5.41, 5.74) is 0.870. The highest BCUT2D eigenvalue weighted by atomic mass is 35.5. The molecule has 0 amide bonds. The Morgan fingerprint density at radius 1 is 1.37 bits per heavy atom. The van der Waals surface area contributed by atoms with Crippen molar-refractivity contribution in [2.45, 2.75) is 26.5 Å². The van der Waals surface area contributed by atoms with E-state index >= 15 is 0 Å². The Morgan fingerprint density at radius 3 is 2.74 bits per heavy atom. The summed E-state index contributed by atoms with van der Waals surface area (Å²) in [6.45, 7) is 5.51. The fourth-order valence-electron chi connectivity index (χ4n) is 1.57. The van der Waals surface area contributed by atoms with E-state index in [4.69, 9.17) is 21.4 Å². The number of nitrogens with one attached hydrogen (secondary N) is 1. The van der Waals surface area contributed by atoms with Gasteiger partial charge in [-0.3, -0.25) is 0 Å². The van der Waals surface area contributed by atoms with Gasteiger partial charge < -0.3 is 20.3 Å². The highest BCUT2D eigenvalue weighted by Gasteiger charge is 2.10. The summed E-state index contributed by atoms with van der Waals surface area (Å²) in [5.74, 6) is 1.19. The molecule has 0 aliphatic heterocycles. The van der Waals surface area contributed by atoms with Crippen molar-refractivity contribution < 1.29 is 14.9 Å². The molecule has 0 aliphatic rings. The molecule has 0 saturated heterocycles. The molecule has 0 radical (unpaired) electrons. The van der Waals surface area contributed by atoms with Crippen molar-refractivity contribution in [3.8, 4) is 5.75 Å². The van der Waals surface area contributed by atoms with E-state index in [0.29, 0.717) is 23.2 Å². The van der Waals surface area contributed by atoms with Crippen LogP contribution in [0.2, 0.25) is 5.02 Å². The van der Waals surface area contributed by atoms with Crippen molar-refractivity contribution >= 4 is 11.6 Å². The zero-order valence-electron chi connectivity index (χ0n) is 11.4. The zero-order chi connectivity index (χ0) is 14.3. The second-order valence-corrected chi connectivity index (χ2v) is 5.30. The lowest BCUT2D eigenvalue weighted by Gasteiger charge is -2.16. The monoisotopic (exact) mass is 287 g/mol. The Bertz CT molecular complexity index is 385. The maximum atomic E-state index is 9.30. The van der Waals surface area contributed by atoms with Crippen molar-refractivity contribution in [3.05, 3.63) is 28.8 Å². The Balaban J connectivity index is 2.66. The summed E-state index contributed by atoms with van der Waals surface area (Å²) in [5, 5.41) is 22.0. The van der Waals surface area contributed by atoms with Crippen molar-refractivity contribution in [3.63, 3.8) is 0 Å². The summed E-state index contributed by atoms with van der Waals surface area (Å²) >= 11 is 6.16. The summed E-state index contributed by atoms with van der Waals surface area (Å²) in [4.78, 5) is 0. The standard InChI is InChI=1S/C14H22ClNO3/c1-10(2)6-16-7-12-13(15)4-3-5-14(12)19-9-11(18)8-17/h3-5,10-11,16-18H,6-9H2,1-2H3. The molecule has 5 heteroatoms. The molecule has 0 fully saturated rings. The lowest BCUT2D eigenvalue weighted by molar-refractivity contribution is 0.0532. The van der Waals surface area contributed by atoms with Gasteiger partial charge in [0, 0.05) is 17.1 Å². The number of hydrogen-bond acceptors (Lipinski definition) is 4. The van der Waals surface area contributed by atoms with Crippen LogP contribution < -0.4 is 10.1 Å². The molecule has 0 heterocycles. The first-order chi connectivity index (χ1) is 9.04. The van der Waals surface area contributed by atoms with Crippen LogP contribution in [0.5, 0.6) is 5.75 Å². The number of ether oxygens (including phenoxy) is 1. The van der Waals surface area contributed by atoms with Crippen molar-refractivity contribution in [2.75, 3.05) is 19.8 Å². The first kappa shape index (κ1) is 16.2. The molecule has 1 atom stereocenters. The summed E-state index contributed by atoms with van der Waals surface area (Å²) in [6, 6.07) is 5.42. The molecule has 0 spiro atoms. The average Bonchev–Trinajstić information content (AvgIpc) is 2.38. The first-order valence-electron chi connectivity index (χ1n) is 6.44. The third kappa shape index (κ3) is 5.78. The molecule has 0 saturated carbocycles. The molecule has 0 bridgehead atoms. The minimum Gasteiger partial charge on any atom is -0.490 e. The minimum atomic E-state index is -0.879. The van der Waals surface area contributed by atoms with Crippen molar-refractivity contribution in [2.24, 2.45) is 5.92 Å². The Labute approximate surface area is 119 Å². The SMILES string of the molecule is CC(C)CNCc1c(Cl)cccc1OCC(O)CO. The number of rotatable bonds is 8. The third-order valence-corrected chi connectivity index (χ3v) is 2.93. The van der Waals surface area contributed by atoms with Gasteiger partial charge >= 0.3 is 0 Å². The fraction of sp³-hybridized carbons (Fsp3) is 0.571. The molecule has 1 rings (SSSR count). The molecule has 108 valence electrons. The molecular weight excluding hydrogens is 266 g/mol. The highest BCUT2D eigenvalue weighted by molar-refractivity contribution is 6.31. The normalized spacial score (nSPS) is 12.7. The third-order valence-electron chi connectivity index (χ3n) is 2.57. The van der Waals surface area contributed by atoms with Gasteiger partial charge in [-0.05, 0) is 24.6 Å². The van der Waals surface area contributed by atoms with E-state index < -0.39 is 6.10 Å². The van der Waals surface area contributed by atoms with E-state index in [1.54, 1.807) is 6.07 Å². The maximum Gasteiger partial charge on any atom is 0.125 e. The Kier molecular flexibility index (Phi) is 7.16. The highest BCUT2D eigenvalue weighted by Crippen LogP contribution is 2.26. The van der Waals surface area contributed by atoms with E-state index in [1.807, 2.05) is 12.1 Å². The van der Waals surface area contributed by atoms with Crippen LogP contribution in [-0.2, 0) is 6.54 Å². The molecule has 1 unspecified atom stereocenters. The molecule has 3 N–H and O–H groups in total. The van der Waals surface area contributed by atoms with Crippen LogP contribution in [0.1, 0.15) is 19.4 Å². The number of benzene rings is 1. The topological polar surface area (TPSA) is 61.7 Å². The summed E-state index contributed by atoms with van der Waals surface area (Å²) in [6.07, 6.45) is -0.879. The number of hydrogen-bond donors (Lipinski definition) is 3. The number of aliphatic hydroxyl groups excluding tert-OH is 2. The second-order valence-electron chi connectivity index (χ2n) is 4.89.